The summed E-state index contributed by atoms with van der Waals surface area (Å²) in [5, 5.41) is 4.38. The Bertz CT molecular complexity index is 1040. The Morgan fingerprint density at radius 1 is 1.17 bits per heavy atom. The van der Waals surface area contributed by atoms with E-state index in [4.69, 9.17) is 9.51 Å². The largest absolute Gasteiger partial charge is 0.337 e. The standard InChI is InChI=1S/C23H25N5O2/c1-16-4-2-6-19(25-16)21(29)28-12-9-23(10-13-28,14-17-7-8-17)22-26-20(30-27-22)18-5-3-11-24-15-18/h2-6,11,15,17H,7-10,12-14H2,1H3. The van der Waals surface area contributed by atoms with Crippen LogP contribution < -0.4 is 0 Å². The second-order valence-electron chi connectivity index (χ2n) is 8.55. The predicted molar refractivity (Wildman–Crippen MR) is 111 cm³/mol. The van der Waals surface area contributed by atoms with Crippen LogP contribution in [0, 0.1) is 12.8 Å². The lowest BCUT2D eigenvalue weighted by atomic mass is 9.73. The quantitative estimate of drug-likeness (QED) is 0.644. The molecule has 1 saturated heterocycles. The molecule has 3 aromatic heterocycles. The fraction of sp³-hybridized carbons (Fsp3) is 0.435. The van der Waals surface area contributed by atoms with Crippen LogP contribution in [0.1, 0.15) is 54.1 Å². The van der Waals surface area contributed by atoms with E-state index in [2.05, 4.69) is 15.1 Å². The van der Waals surface area contributed by atoms with Crippen molar-refractivity contribution in [3.8, 4) is 11.5 Å². The molecule has 1 amide bonds. The van der Waals surface area contributed by atoms with Crippen LogP contribution in [0.15, 0.2) is 47.2 Å². The van der Waals surface area contributed by atoms with Crippen LogP contribution in [0.2, 0.25) is 0 Å². The second-order valence-corrected chi connectivity index (χ2v) is 8.55. The third-order valence-corrected chi connectivity index (χ3v) is 6.30. The van der Waals surface area contributed by atoms with Crippen molar-refractivity contribution in [1.29, 1.82) is 0 Å². The molecule has 0 spiro atoms. The first kappa shape index (κ1) is 18.9. The number of rotatable bonds is 5. The Balaban J connectivity index is 1.36. The number of carbonyl (C=O) groups is 1. The van der Waals surface area contributed by atoms with Crippen molar-refractivity contribution in [3.63, 3.8) is 0 Å². The lowest BCUT2D eigenvalue weighted by Crippen LogP contribution is -2.46. The van der Waals surface area contributed by atoms with Gasteiger partial charge < -0.3 is 9.42 Å². The number of hydrogen-bond donors (Lipinski definition) is 0. The molecule has 3 aromatic rings. The van der Waals surface area contributed by atoms with Crippen molar-refractivity contribution >= 4 is 5.91 Å². The molecule has 0 N–H and O–H groups in total. The SMILES string of the molecule is Cc1cccc(C(=O)N2CCC(CC3CC3)(c3noc(-c4cccnc4)n3)CC2)n1. The topological polar surface area (TPSA) is 85.0 Å². The highest BCUT2D eigenvalue weighted by molar-refractivity contribution is 5.92. The number of amides is 1. The van der Waals surface area contributed by atoms with Crippen molar-refractivity contribution in [1.82, 2.24) is 25.0 Å². The zero-order chi connectivity index (χ0) is 20.6. The van der Waals surface area contributed by atoms with Gasteiger partial charge in [-0.1, -0.05) is 24.1 Å². The number of aromatic nitrogens is 4. The molecule has 5 rings (SSSR count). The van der Waals surface area contributed by atoms with Gasteiger partial charge in [-0.2, -0.15) is 4.98 Å². The highest BCUT2D eigenvalue weighted by Crippen LogP contribution is 2.46. The summed E-state index contributed by atoms with van der Waals surface area (Å²) < 4.78 is 5.60. The number of pyridine rings is 2. The molecule has 0 unspecified atom stereocenters. The lowest BCUT2D eigenvalue weighted by Gasteiger charge is -2.40. The number of piperidine rings is 1. The van der Waals surface area contributed by atoms with E-state index in [1.807, 2.05) is 36.1 Å². The molecule has 0 aromatic carbocycles. The summed E-state index contributed by atoms with van der Waals surface area (Å²) in [7, 11) is 0. The van der Waals surface area contributed by atoms with Crippen molar-refractivity contribution < 1.29 is 9.32 Å². The fourth-order valence-electron chi connectivity index (χ4n) is 4.40. The van der Waals surface area contributed by atoms with Crippen LogP contribution in [0.25, 0.3) is 11.5 Å². The molecule has 0 bridgehead atoms. The molecular formula is C23H25N5O2. The van der Waals surface area contributed by atoms with E-state index in [0.29, 0.717) is 24.7 Å². The average molecular weight is 403 g/mol. The summed E-state index contributed by atoms with van der Waals surface area (Å²) in [6.07, 6.45) is 8.74. The average Bonchev–Trinajstić information content (AvgIpc) is 3.44. The van der Waals surface area contributed by atoms with Crippen molar-refractivity contribution in [2.24, 2.45) is 5.92 Å². The van der Waals surface area contributed by atoms with Crippen LogP contribution in [-0.2, 0) is 5.41 Å². The summed E-state index contributed by atoms with van der Waals surface area (Å²) >= 11 is 0. The Hall–Kier alpha value is -3.09. The van der Waals surface area contributed by atoms with Gasteiger partial charge in [0.15, 0.2) is 5.82 Å². The van der Waals surface area contributed by atoms with E-state index in [-0.39, 0.29) is 11.3 Å². The Kier molecular flexibility index (Phi) is 4.81. The van der Waals surface area contributed by atoms with Gasteiger partial charge in [-0.05, 0) is 56.4 Å². The first-order chi connectivity index (χ1) is 14.6. The number of nitrogens with zero attached hydrogens (tertiary/aromatic N) is 5. The Morgan fingerprint density at radius 2 is 2.00 bits per heavy atom. The van der Waals surface area contributed by atoms with E-state index < -0.39 is 0 Å². The maximum absolute atomic E-state index is 12.9. The normalized spacial score (nSPS) is 18.4. The van der Waals surface area contributed by atoms with Gasteiger partial charge in [-0.15, -0.1) is 0 Å². The van der Waals surface area contributed by atoms with Gasteiger partial charge >= 0.3 is 0 Å². The minimum absolute atomic E-state index is 0.00267. The van der Waals surface area contributed by atoms with Crippen LogP contribution in [0.5, 0.6) is 0 Å². The molecule has 1 aliphatic heterocycles. The predicted octanol–water partition coefficient (Wildman–Crippen LogP) is 3.81. The van der Waals surface area contributed by atoms with Crippen LogP contribution in [-0.4, -0.2) is 44.0 Å². The molecule has 2 aliphatic rings. The first-order valence-corrected chi connectivity index (χ1v) is 10.6. The molecule has 1 aliphatic carbocycles. The van der Waals surface area contributed by atoms with E-state index in [0.717, 1.165) is 42.3 Å². The second kappa shape index (κ2) is 7.63. The minimum atomic E-state index is -0.137. The Morgan fingerprint density at radius 3 is 2.70 bits per heavy atom. The summed E-state index contributed by atoms with van der Waals surface area (Å²) in [5.74, 6) is 2.01. The van der Waals surface area contributed by atoms with Crippen LogP contribution in [0.3, 0.4) is 0 Å². The van der Waals surface area contributed by atoms with Gasteiger partial charge in [0.1, 0.15) is 5.69 Å². The number of hydrogen-bond acceptors (Lipinski definition) is 6. The lowest BCUT2D eigenvalue weighted by molar-refractivity contribution is 0.0639. The maximum atomic E-state index is 12.9. The van der Waals surface area contributed by atoms with Crippen LogP contribution >= 0.6 is 0 Å². The molecule has 0 radical (unpaired) electrons. The number of likely N-dealkylation sites (tertiary alicyclic amines) is 1. The zero-order valence-electron chi connectivity index (χ0n) is 17.1. The minimum Gasteiger partial charge on any atom is -0.337 e. The molecular weight excluding hydrogens is 378 g/mol. The number of carbonyl (C=O) groups excluding carboxylic acids is 1. The molecule has 7 heteroatoms. The maximum Gasteiger partial charge on any atom is 0.272 e. The smallest absolute Gasteiger partial charge is 0.272 e. The Labute approximate surface area is 175 Å². The van der Waals surface area contributed by atoms with Crippen molar-refractivity contribution in [2.75, 3.05) is 13.1 Å². The molecule has 7 nitrogen and oxygen atoms in total. The summed E-state index contributed by atoms with van der Waals surface area (Å²) in [6, 6.07) is 9.37. The molecule has 1 saturated carbocycles. The molecule has 0 atom stereocenters. The van der Waals surface area contributed by atoms with E-state index in [1.54, 1.807) is 18.5 Å². The van der Waals surface area contributed by atoms with Gasteiger partial charge in [0.05, 0.1) is 5.56 Å². The fourth-order valence-corrected chi connectivity index (χ4v) is 4.40. The molecule has 2 fully saturated rings. The molecule has 4 heterocycles. The van der Waals surface area contributed by atoms with Gasteiger partial charge in [-0.3, -0.25) is 9.78 Å². The third kappa shape index (κ3) is 3.72. The molecule has 154 valence electrons. The van der Waals surface area contributed by atoms with E-state index in [1.165, 1.54) is 12.8 Å². The number of aryl methyl sites for hydroxylation is 1. The van der Waals surface area contributed by atoms with Crippen molar-refractivity contribution in [2.45, 2.75) is 44.4 Å². The van der Waals surface area contributed by atoms with E-state index >= 15 is 0 Å². The highest BCUT2D eigenvalue weighted by Gasteiger charge is 2.45. The van der Waals surface area contributed by atoms with Gasteiger partial charge in [-0.25, -0.2) is 4.98 Å². The summed E-state index contributed by atoms with van der Waals surface area (Å²) in [6.45, 7) is 3.26. The van der Waals surface area contributed by atoms with Crippen LogP contribution in [0.4, 0.5) is 0 Å². The zero-order valence-corrected chi connectivity index (χ0v) is 17.1. The monoisotopic (exact) mass is 403 g/mol. The third-order valence-electron chi connectivity index (χ3n) is 6.30. The van der Waals surface area contributed by atoms with Gasteiger partial charge in [0, 0.05) is 36.6 Å². The highest BCUT2D eigenvalue weighted by atomic mass is 16.5. The summed E-state index contributed by atoms with van der Waals surface area (Å²) in [5.41, 5.74) is 2.07. The summed E-state index contributed by atoms with van der Waals surface area (Å²) in [4.78, 5) is 28.2. The molecule has 30 heavy (non-hydrogen) atoms. The van der Waals surface area contributed by atoms with Gasteiger partial charge in [0.25, 0.3) is 11.8 Å². The first-order valence-electron chi connectivity index (χ1n) is 10.6. The van der Waals surface area contributed by atoms with Crippen molar-refractivity contribution in [3.05, 3.63) is 59.9 Å². The van der Waals surface area contributed by atoms with Gasteiger partial charge in [0.2, 0.25) is 0 Å². The van der Waals surface area contributed by atoms with E-state index in [9.17, 15) is 4.79 Å².